The molecular weight excluding hydrogens is 248 g/mol. The average molecular weight is 280 g/mol. The van der Waals surface area contributed by atoms with Gasteiger partial charge in [0.1, 0.15) is 0 Å². The molecule has 2 fully saturated rings. The average Bonchev–Trinajstić information content (AvgIpc) is 2.39. The minimum absolute atomic E-state index is 0.130. The molecule has 1 spiro atoms. The van der Waals surface area contributed by atoms with Gasteiger partial charge in [0, 0.05) is 26.1 Å². The van der Waals surface area contributed by atoms with E-state index < -0.39 is 0 Å². The van der Waals surface area contributed by atoms with Crippen LogP contribution < -0.4 is 5.32 Å². The van der Waals surface area contributed by atoms with Crippen LogP contribution in [0, 0.1) is 11.3 Å². The number of nitrogens with one attached hydrogen (secondary N) is 1. The first-order valence-electron chi connectivity index (χ1n) is 8.36. The molecule has 0 radical (unpaired) electrons. The Hall–Kier alpha value is -0.570. The fourth-order valence-electron chi connectivity index (χ4n) is 3.57. The van der Waals surface area contributed by atoms with E-state index >= 15 is 0 Å². The van der Waals surface area contributed by atoms with Crippen molar-refractivity contribution >= 4 is 5.91 Å². The van der Waals surface area contributed by atoms with Crippen LogP contribution in [0.1, 0.15) is 66.2 Å². The van der Waals surface area contributed by atoms with E-state index in [4.69, 9.17) is 0 Å². The Morgan fingerprint density at radius 2 is 1.90 bits per heavy atom. The lowest BCUT2D eigenvalue weighted by molar-refractivity contribution is -0.142. The number of amides is 1. The number of hydrogen-bond donors (Lipinski definition) is 1. The summed E-state index contributed by atoms with van der Waals surface area (Å²) in [6.07, 6.45) is 6.97. The van der Waals surface area contributed by atoms with Crippen molar-refractivity contribution in [3.8, 4) is 0 Å². The molecule has 1 aliphatic heterocycles. The molecule has 2 rings (SSSR count). The van der Waals surface area contributed by atoms with E-state index in [-0.39, 0.29) is 11.0 Å². The molecule has 20 heavy (non-hydrogen) atoms. The largest absolute Gasteiger partial charge is 0.334 e. The summed E-state index contributed by atoms with van der Waals surface area (Å²) in [5.74, 6) is 0.821. The van der Waals surface area contributed by atoms with Crippen LogP contribution in [0.4, 0.5) is 0 Å². The second-order valence-electron chi connectivity index (χ2n) is 7.98. The predicted octanol–water partition coefficient (Wildman–Crippen LogP) is 3.19. The van der Waals surface area contributed by atoms with Gasteiger partial charge in [0.2, 0.25) is 5.91 Å². The second kappa shape index (κ2) is 6.05. The third kappa shape index (κ3) is 3.36. The summed E-state index contributed by atoms with van der Waals surface area (Å²) in [7, 11) is 0. The predicted molar refractivity (Wildman–Crippen MR) is 83.6 cm³/mol. The highest BCUT2D eigenvalue weighted by Gasteiger charge is 2.42. The molecule has 1 aliphatic carbocycles. The first-order chi connectivity index (χ1) is 9.35. The van der Waals surface area contributed by atoms with Gasteiger partial charge in [-0.1, -0.05) is 47.0 Å². The highest BCUT2D eigenvalue weighted by molar-refractivity contribution is 5.77. The monoisotopic (exact) mass is 280 g/mol. The van der Waals surface area contributed by atoms with Crippen LogP contribution in [-0.2, 0) is 4.79 Å². The molecule has 0 aromatic rings. The van der Waals surface area contributed by atoms with Crippen LogP contribution in [0.5, 0.6) is 0 Å². The molecule has 1 atom stereocenters. The topological polar surface area (TPSA) is 32.3 Å². The van der Waals surface area contributed by atoms with Crippen LogP contribution in [0.15, 0.2) is 0 Å². The van der Waals surface area contributed by atoms with E-state index in [1.54, 1.807) is 0 Å². The molecule has 0 aromatic heterocycles. The smallest absolute Gasteiger partial charge is 0.223 e. The van der Waals surface area contributed by atoms with Gasteiger partial charge in [-0.25, -0.2) is 0 Å². The zero-order valence-corrected chi connectivity index (χ0v) is 13.8. The summed E-state index contributed by atoms with van der Waals surface area (Å²) in [6, 6.07) is 0. The standard InChI is InChI=1S/C17H32N2O/c1-14(16(2,3)4)12-15(20)19-11-10-18-13-17(19)8-6-5-7-9-17/h14,18H,5-13H2,1-4H3. The first-order valence-corrected chi connectivity index (χ1v) is 8.36. The van der Waals surface area contributed by atoms with Crippen molar-refractivity contribution < 1.29 is 4.79 Å². The molecule has 116 valence electrons. The maximum atomic E-state index is 12.8. The maximum Gasteiger partial charge on any atom is 0.223 e. The zero-order valence-electron chi connectivity index (χ0n) is 13.8. The molecule has 1 unspecified atom stereocenters. The van der Waals surface area contributed by atoms with E-state index in [1.165, 1.54) is 32.1 Å². The van der Waals surface area contributed by atoms with E-state index in [1.807, 2.05) is 0 Å². The van der Waals surface area contributed by atoms with Gasteiger partial charge >= 0.3 is 0 Å². The molecule has 0 bridgehead atoms. The number of carbonyl (C=O) groups is 1. The molecule has 2 aliphatic rings. The van der Waals surface area contributed by atoms with Crippen LogP contribution in [0.2, 0.25) is 0 Å². The Balaban J connectivity index is 2.06. The second-order valence-corrected chi connectivity index (χ2v) is 7.98. The first kappa shape index (κ1) is 15.8. The van der Waals surface area contributed by atoms with E-state index in [2.05, 4.69) is 37.9 Å². The van der Waals surface area contributed by atoms with Crippen molar-refractivity contribution in [1.29, 1.82) is 0 Å². The van der Waals surface area contributed by atoms with Gasteiger partial charge in [-0.15, -0.1) is 0 Å². The lowest BCUT2D eigenvalue weighted by Crippen LogP contribution is -2.63. The number of piperazine rings is 1. The number of carbonyl (C=O) groups excluding carboxylic acids is 1. The summed E-state index contributed by atoms with van der Waals surface area (Å²) in [4.78, 5) is 15.1. The molecule has 0 aromatic carbocycles. The minimum atomic E-state index is 0.130. The van der Waals surface area contributed by atoms with E-state index in [9.17, 15) is 4.79 Å². The van der Waals surface area contributed by atoms with E-state index in [0.717, 1.165) is 19.6 Å². The lowest BCUT2D eigenvalue weighted by Gasteiger charge is -2.50. The van der Waals surface area contributed by atoms with Gasteiger partial charge in [0.15, 0.2) is 0 Å². The molecule has 3 nitrogen and oxygen atoms in total. The SMILES string of the molecule is CC(CC(=O)N1CCNCC12CCCCC2)C(C)(C)C. The number of hydrogen-bond acceptors (Lipinski definition) is 2. The summed E-state index contributed by atoms with van der Waals surface area (Å²) in [5, 5.41) is 3.52. The van der Waals surface area contributed by atoms with Crippen LogP contribution >= 0.6 is 0 Å². The quantitative estimate of drug-likeness (QED) is 0.842. The number of nitrogens with zero attached hydrogens (tertiary/aromatic N) is 1. The summed E-state index contributed by atoms with van der Waals surface area (Å²) in [6.45, 7) is 11.8. The van der Waals surface area contributed by atoms with Gasteiger partial charge in [0.05, 0.1) is 5.54 Å². The van der Waals surface area contributed by atoms with Crippen molar-refractivity contribution in [2.24, 2.45) is 11.3 Å². The Kier molecular flexibility index (Phi) is 4.78. The van der Waals surface area contributed by atoms with Crippen molar-refractivity contribution in [2.75, 3.05) is 19.6 Å². The van der Waals surface area contributed by atoms with Crippen LogP contribution in [0.25, 0.3) is 0 Å². The van der Waals surface area contributed by atoms with Gasteiger partial charge in [-0.2, -0.15) is 0 Å². The molecule has 1 N–H and O–H groups in total. The van der Waals surface area contributed by atoms with Crippen molar-refractivity contribution in [2.45, 2.75) is 71.8 Å². The van der Waals surface area contributed by atoms with Crippen LogP contribution in [-0.4, -0.2) is 36.0 Å². The molecular formula is C17H32N2O. The highest BCUT2D eigenvalue weighted by atomic mass is 16.2. The summed E-state index contributed by atoms with van der Waals surface area (Å²) >= 11 is 0. The Bertz CT molecular complexity index is 331. The number of rotatable bonds is 2. The summed E-state index contributed by atoms with van der Waals surface area (Å²) in [5.41, 5.74) is 0.342. The van der Waals surface area contributed by atoms with Gasteiger partial charge in [-0.05, 0) is 24.2 Å². The molecule has 1 heterocycles. The van der Waals surface area contributed by atoms with Gasteiger partial charge in [0.25, 0.3) is 0 Å². The Labute approximate surface area is 124 Å². The third-order valence-electron chi connectivity index (χ3n) is 5.58. The van der Waals surface area contributed by atoms with Gasteiger partial charge < -0.3 is 10.2 Å². The molecule has 1 amide bonds. The molecule has 1 saturated heterocycles. The van der Waals surface area contributed by atoms with E-state index in [0.29, 0.717) is 18.2 Å². The highest BCUT2D eigenvalue weighted by Crippen LogP contribution is 2.36. The fraction of sp³-hybridized carbons (Fsp3) is 0.941. The minimum Gasteiger partial charge on any atom is -0.334 e. The maximum absolute atomic E-state index is 12.8. The lowest BCUT2D eigenvalue weighted by atomic mass is 9.77. The fourth-order valence-corrected chi connectivity index (χ4v) is 3.57. The van der Waals surface area contributed by atoms with Gasteiger partial charge in [-0.3, -0.25) is 4.79 Å². The molecule has 1 saturated carbocycles. The zero-order chi connectivity index (χ0) is 14.8. The van der Waals surface area contributed by atoms with Crippen LogP contribution in [0.3, 0.4) is 0 Å². The molecule has 3 heteroatoms. The summed E-state index contributed by atoms with van der Waals surface area (Å²) < 4.78 is 0. The third-order valence-corrected chi connectivity index (χ3v) is 5.58. The normalized spacial score (nSPS) is 24.7. The van der Waals surface area contributed by atoms with Crippen molar-refractivity contribution in [1.82, 2.24) is 10.2 Å². The Morgan fingerprint density at radius 1 is 1.25 bits per heavy atom. The Morgan fingerprint density at radius 3 is 2.50 bits per heavy atom. The van der Waals surface area contributed by atoms with Crippen molar-refractivity contribution in [3.63, 3.8) is 0 Å². The van der Waals surface area contributed by atoms with Crippen molar-refractivity contribution in [3.05, 3.63) is 0 Å².